The second-order valence-corrected chi connectivity index (χ2v) is 5.09. The first-order valence-electron chi connectivity index (χ1n) is 6.96. The van der Waals surface area contributed by atoms with E-state index in [-0.39, 0.29) is 12.5 Å². The topological polar surface area (TPSA) is 78.9 Å². The third-order valence-corrected chi connectivity index (χ3v) is 3.62. The molecule has 0 aromatic heterocycles. The Labute approximate surface area is 123 Å². The Bertz CT molecular complexity index is 518. The van der Waals surface area contributed by atoms with Crippen LogP contribution in [0.3, 0.4) is 0 Å². The number of likely N-dealkylation sites (tertiary alicyclic amines) is 1. The highest BCUT2D eigenvalue weighted by molar-refractivity contribution is 5.80. The molecule has 0 spiro atoms. The highest BCUT2D eigenvalue weighted by Gasteiger charge is 2.31. The molecule has 1 aliphatic rings. The molecule has 1 unspecified atom stereocenters. The van der Waals surface area contributed by atoms with Gasteiger partial charge in [0.25, 0.3) is 0 Å². The lowest BCUT2D eigenvalue weighted by Gasteiger charge is -2.20. The number of amides is 1. The van der Waals surface area contributed by atoms with Crippen molar-refractivity contribution in [3.8, 4) is 5.75 Å². The Kier molecular flexibility index (Phi) is 5.16. The van der Waals surface area contributed by atoms with Gasteiger partial charge in [0.15, 0.2) is 0 Å². The van der Waals surface area contributed by atoms with Gasteiger partial charge in [-0.3, -0.25) is 14.5 Å². The van der Waals surface area contributed by atoms with Gasteiger partial charge in [0.1, 0.15) is 11.8 Å². The fourth-order valence-electron chi connectivity index (χ4n) is 2.52. The minimum atomic E-state index is -0.854. The zero-order chi connectivity index (χ0) is 15.2. The summed E-state index contributed by atoms with van der Waals surface area (Å²) >= 11 is 0. The van der Waals surface area contributed by atoms with Crippen LogP contribution in [-0.4, -0.2) is 48.1 Å². The van der Waals surface area contributed by atoms with E-state index in [1.165, 1.54) is 0 Å². The average molecular weight is 292 g/mol. The molecule has 6 nitrogen and oxygen atoms in total. The van der Waals surface area contributed by atoms with Gasteiger partial charge in [-0.1, -0.05) is 12.1 Å². The molecule has 1 aromatic carbocycles. The van der Waals surface area contributed by atoms with Crippen molar-refractivity contribution in [2.75, 3.05) is 20.2 Å². The van der Waals surface area contributed by atoms with Crippen molar-refractivity contribution in [2.24, 2.45) is 0 Å². The number of nitrogens with one attached hydrogen (secondary N) is 1. The van der Waals surface area contributed by atoms with E-state index < -0.39 is 12.0 Å². The number of nitrogens with zero attached hydrogens (tertiary/aromatic N) is 1. The van der Waals surface area contributed by atoms with Gasteiger partial charge in [-0.15, -0.1) is 0 Å². The van der Waals surface area contributed by atoms with Crippen LogP contribution in [0, 0.1) is 0 Å². The van der Waals surface area contributed by atoms with Crippen LogP contribution in [-0.2, 0) is 16.1 Å². The summed E-state index contributed by atoms with van der Waals surface area (Å²) in [6.45, 7) is 1.19. The molecule has 1 fully saturated rings. The lowest BCUT2D eigenvalue weighted by Crippen LogP contribution is -2.42. The number of rotatable bonds is 6. The van der Waals surface area contributed by atoms with Crippen molar-refractivity contribution in [3.63, 3.8) is 0 Å². The molecular weight excluding hydrogens is 272 g/mol. The Hall–Kier alpha value is -2.08. The lowest BCUT2D eigenvalue weighted by molar-refractivity contribution is -0.142. The molecule has 1 heterocycles. The summed E-state index contributed by atoms with van der Waals surface area (Å²) in [4.78, 5) is 24.7. The summed E-state index contributed by atoms with van der Waals surface area (Å²) in [6, 6.07) is 6.93. The number of carbonyl (C=O) groups excluding carboxylic acids is 1. The minimum Gasteiger partial charge on any atom is -0.497 e. The van der Waals surface area contributed by atoms with Gasteiger partial charge in [-0.2, -0.15) is 0 Å². The van der Waals surface area contributed by atoms with Crippen LogP contribution in [0.15, 0.2) is 24.3 Å². The molecule has 0 radical (unpaired) electrons. The van der Waals surface area contributed by atoms with Gasteiger partial charge in [0.05, 0.1) is 13.7 Å². The molecule has 2 N–H and O–H groups in total. The van der Waals surface area contributed by atoms with Crippen LogP contribution in [0.5, 0.6) is 5.75 Å². The quantitative estimate of drug-likeness (QED) is 0.813. The first-order chi connectivity index (χ1) is 10.1. The van der Waals surface area contributed by atoms with Crippen LogP contribution < -0.4 is 10.1 Å². The molecule has 0 saturated carbocycles. The Morgan fingerprint density at radius 3 is 3.00 bits per heavy atom. The summed E-state index contributed by atoms with van der Waals surface area (Å²) in [7, 11) is 1.59. The predicted octanol–water partition coefficient (Wildman–Crippen LogP) is 0.860. The van der Waals surface area contributed by atoms with Crippen molar-refractivity contribution in [3.05, 3.63) is 29.8 Å². The van der Waals surface area contributed by atoms with Crippen molar-refractivity contribution < 1.29 is 19.4 Å². The minimum absolute atomic E-state index is 0.126. The molecule has 0 bridgehead atoms. The number of hydrogen-bond donors (Lipinski definition) is 2. The predicted molar refractivity (Wildman–Crippen MR) is 77.1 cm³/mol. The maximum atomic E-state index is 11.9. The number of benzene rings is 1. The number of aliphatic carboxylic acids is 1. The van der Waals surface area contributed by atoms with Crippen LogP contribution in [0.2, 0.25) is 0 Å². The van der Waals surface area contributed by atoms with Gasteiger partial charge in [0.2, 0.25) is 5.91 Å². The number of ether oxygens (including phenoxy) is 1. The second-order valence-electron chi connectivity index (χ2n) is 5.09. The van der Waals surface area contributed by atoms with E-state index in [0.29, 0.717) is 19.5 Å². The van der Waals surface area contributed by atoms with E-state index in [2.05, 4.69) is 5.32 Å². The first kappa shape index (κ1) is 15.3. The zero-order valence-electron chi connectivity index (χ0n) is 12.0. The monoisotopic (exact) mass is 292 g/mol. The van der Waals surface area contributed by atoms with Crippen LogP contribution in [0.4, 0.5) is 0 Å². The maximum Gasteiger partial charge on any atom is 0.320 e. The van der Waals surface area contributed by atoms with Gasteiger partial charge < -0.3 is 15.2 Å². The molecule has 1 aliphatic heterocycles. The SMILES string of the molecule is COc1cccc(CNC(=O)CN2CCCC2C(=O)O)c1. The molecule has 1 saturated heterocycles. The fourth-order valence-corrected chi connectivity index (χ4v) is 2.52. The van der Waals surface area contributed by atoms with Crippen LogP contribution in [0.25, 0.3) is 0 Å². The average Bonchev–Trinajstić information content (AvgIpc) is 2.93. The number of carboxylic acids is 1. The number of carboxylic acid groups (broad SMARTS) is 1. The second kappa shape index (κ2) is 7.08. The van der Waals surface area contributed by atoms with Crippen molar-refractivity contribution in [1.82, 2.24) is 10.2 Å². The summed E-state index contributed by atoms with van der Waals surface area (Å²) in [5, 5.41) is 11.9. The van der Waals surface area contributed by atoms with Crippen molar-refractivity contribution in [1.29, 1.82) is 0 Å². The van der Waals surface area contributed by atoms with E-state index in [4.69, 9.17) is 9.84 Å². The largest absolute Gasteiger partial charge is 0.497 e. The van der Waals surface area contributed by atoms with Gasteiger partial charge in [-0.05, 0) is 37.1 Å². The molecule has 6 heteroatoms. The summed E-state index contributed by atoms with van der Waals surface area (Å²) in [6.07, 6.45) is 1.43. The smallest absolute Gasteiger partial charge is 0.320 e. The molecule has 21 heavy (non-hydrogen) atoms. The van der Waals surface area contributed by atoms with E-state index in [1.54, 1.807) is 12.0 Å². The third-order valence-electron chi connectivity index (χ3n) is 3.62. The number of methoxy groups -OCH3 is 1. The lowest BCUT2D eigenvalue weighted by atomic mass is 10.2. The Morgan fingerprint density at radius 2 is 2.29 bits per heavy atom. The Balaban J connectivity index is 1.83. The van der Waals surface area contributed by atoms with E-state index in [0.717, 1.165) is 17.7 Å². The molecule has 1 aromatic rings. The maximum absolute atomic E-state index is 11.9. The molecule has 1 amide bonds. The van der Waals surface area contributed by atoms with Gasteiger partial charge in [0, 0.05) is 6.54 Å². The normalized spacial score (nSPS) is 18.4. The molecular formula is C15H20N2O4. The summed E-state index contributed by atoms with van der Waals surface area (Å²) in [5.74, 6) is -0.272. The highest BCUT2D eigenvalue weighted by Crippen LogP contribution is 2.16. The summed E-state index contributed by atoms with van der Waals surface area (Å²) < 4.78 is 5.12. The van der Waals surface area contributed by atoms with E-state index >= 15 is 0 Å². The zero-order valence-corrected chi connectivity index (χ0v) is 12.0. The van der Waals surface area contributed by atoms with Gasteiger partial charge >= 0.3 is 5.97 Å². The van der Waals surface area contributed by atoms with E-state index in [1.807, 2.05) is 24.3 Å². The Morgan fingerprint density at radius 1 is 1.48 bits per heavy atom. The van der Waals surface area contributed by atoms with Crippen molar-refractivity contribution >= 4 is 11.9 Å². The molecule has 2 rings (SSSR count). The standard InChI is InChI=1S/C15H20N2O4/c1-21-12-5-2-4-11(8-12)9-16-14(18)10-17-7-3-6-13(17)15(19)20/h2,4-5,8,13H,3,6-7,9-10H2,1H3,(H,16,18)(H,19,20). The molecule has 0 aliphatic carbocycles. The van der Waals surface area contributed by atoms with Crippen LogP contribution >= 0.6 is 0 Å². The molecule has 114 valence electrons. The van der Waals surface area contributed by atoms with Gasteiger partial charge in [-0.25, -0.2) is 0 Å². The first-order valence-corrected chi connectivity index (χ1v) is 6.96. The fraction of sp³-hybridized carbons (Fsp3) is 0.467. The highest BCUT2D eigenvalue weighted by atomic mass is 16.5. The van der Waals surface area contributed by atoms with E-state index in [9.17, 15) is 9.59 Å². The molecule has 1 atom stereocenters. The van der Waals surface area contributed by atoms with Crippen molar-refractivity contribution in [2.45, 2.75) is 25.4 Å². The van der Waals surface area contributed by atoms with Crippen LogP contribution in [0.1, 0.15) is 18.4 Å². The number of hydrogen-bond acceptors (Lipinski definition) is 4. The number of carbonyl (C=O) groups is 2. The summed E-state index contributed by atoms with van der Waals surface area (Å²) in [5.41, 5.74) is 0.943. The third kappa shape index (κ3) is 4.19.